The van der Waals surface area contributed by atoms with E-state index in [0.717, 1.165) is 0 Å². The molecule has 0 saturated heterocycles. The fourth-order valence-electron chi connectivity index (χ4n) is 0.422. The Bertz CT molecular complexity index is 153. The summed E-state index contributed by atoms with van der Waals surface area (Å²) in [4.78, 5) is 20.4. The summed E-state index contributed by atoms with van der Waals surface area (Å²) >= 11 is 0. The van der Waals surface area contributed by atoms with Crippen molar-refractivity contribution in [3.63, 3.8) is 0 Å². The Morgan fingerprint density at radius 3 is 2.33 bits per heavy atom. The number of hydrogen-bond acceptors (Lipinski definition) is 3. The molecule has 0 aliphatic carbocycles. The van der Waals surface area contributed by atoms with Crippen molar-refractivity contribution in [3.05, 3.63) is 0 Å². The van der Waals surface area contributed by atoms with E-state index < -0.39 is 11.7 Å². The summed E-state index contributed by atoms with van der Waals surface area (Å²) in [5, 5.41) is 2.20. The van der Waals surface area contributed by atoms with Gasteiger partial charge < -0.3 is 14.8 Å². The summed E-state index contributed by atoms with van der Waals surface area (Å²) in [5.74, 6) is 0. The van der Waals surface area contributed by atoms with Crippen LogP contribution in [0, 0.1) is 0 Å². The average molecular weight is 247 g/mol. The van der Waals surface area contributed by atoms with E-state index >= 15 is 0 Å². The molecular formula is C7H12NO3Y-. The van der Waals surface area contributed by atoms with Gasteiger partial charge in [-0.1, -0.05) is 6.54 Å². The summed E-state index contributed by atoms with van der Waals surface area (Å²) in [6.45, 7) is 5.11. The van der Waals surface area contributed by atoms with Crippen LogP contribution in [0.3, 0.4) is 0 Å². The Morgan fingerprint density at radius 1 is 1.50 bits per heavy atom. The van der Waals surface area contributed by atoms with Gasteiger partial charge in [0, 0.05) is 32.7 Å². The van der Waals surface area contributed by atoms with E-state index in [2.05, 4.69) is 5.32 Å². The van der Waals surface area contributed by atoms with Gasteiger partial charge in [-0.2, -0.15) is 0 Å². The first kappa shape index (κ1) is 14.6. The molecule has 0 unspecified atom stereocenters. The number of ether oxygens (including phenoxy) is 1. The van der Waals surface area contributed by atoms with Crippen LogP contribution in [-0.2, 0) is 42.2 Å². The second-order valence-electron chi connectivity index (χ2n) is 3.00. The van der Waals surface area contributed by atoms with Crippen molar-refractivity contribution in [2.75, 3.05) is 6.54 Å². The Morgan fingerprint density at radius 2 is 2.00 bits per heavy atom. The van der Waals surface area contributed by atoms with Crippen LogP contribution < -0.4 is 5.32 Å². The van der Waals surface area contributed by atoms with Crippen LogP contribution >= 0.6 is 0 Å². The first-order chi connectivity index (χ1) is 4.95. The standard InChI is InChI=1S/C7H12NO3.Y/c1-7(2,3)11-6(10)8-4-5-9;/h4H2,1-3H3,(H,8,10);/q-1;. The molecule has 1 radical (unpaired) electrons. The van der Waals surface area contributed by atoms with Crippen molar-refractivity contribution in [2.24, 2.45) is 0 Å². The van der Waals surface area contributed by atoms with Gasteiger partial charge in [-0.25, -0.2) is 11.1 Å². The zero-order chi connectivity index (χ0) is 8.91. The summed E-state index contributed by atoms with van der Waals surface area (Å²) in [6.07, 6.45) is 0.926. The molecule has 0 aromatic rings. The molecule has 0 aromatic heterocycles. The van der Waals surface area contributed by atoms with Crippen molar-refractivity contribution in [3.8, 4) is 0 Å². The fraction of sp³-hybridized carbons (Fsp3) is 0.714. The number of nitrogens with one attached hydrogen (secondary N) is 1. The fourth-order valence-corrected chi connectivity index (χ4v) is 0.422. The van der Waals surface area contributed by atoms with Crippen molar-refractivity contribution in [1.82, 2.24) is 5.32 Å². The second-order valence-corrected chi connectivity index (χ2v) is 3.00. The minimum atomic E-state index is -0.596. The zero-order valence-electron chi connectivity index (χ0n) is 7.51. The maximum absolute atomic E-state index is 10.7. The van der Waals surface area contributed by atoms with Crippen LogP contribution in [0.15, 0.2) is 0 Å². The van der Waals surface area contributed by atoms with Crippen LogP contribution in [0.4, 0.5) is 4.79 Å². The first-order valence-electron chi connectivity index (χ1n) is 3.27. The van der Waals surface area contributed by atoms with Gasteiger partial charge in [0.25, 0.3) is 0 Å². The quantitative estimate of drug-likeness (QED) is 0.727. The molecule has 0 aliphatic rings. The van der Waals surface area contributed by atoms with Gasteiger partial charge >= 0.3 is 6.09 Å². The predicted octanol–water partition coefficient (Wildman–Crippen LogP) is 0.618. The number of carbonyl (C=O) groups is 1. The molecule has 0 rings (SSSR count). The molecule has 0 fully saturated rings. The number of amides is 1. The van der Waals surface area contributed by atoms with Gasteiger partial charge in [-0.15, -0.1) is 0 Å². The largest absolute Gasteiger partial charge is 0.540 e. The van der Waals surface area contributed by atoms with Crippen LogP contribution in [0.5, 0.6) is 0 Å². The van der Waals surface area contributed by atoms with Gasteiger partial charge in [-0.3, -0.25) is 0 Å². The van der Waals surface area contributed by atoms with Crippen LogP contribution in [0.25, 0.3) is 0 Å². The Labute approximate surface area is 97.3 Å². The van der Waals surface area contributed by atoms with Crippen LogP contribution in [0.1, 0.15) is 20.8 Å². The van der Waals surface area contributed by atoms with Gasteiger partial charge in [0.15, 0.2) is 0 Å². The van der Waals surface area contributed by atoms with E-state index in [0.29, 0.717) is 0 Å². The number of carbonyl (C=O) groups excluding carboxylic acids is 2. The molecule has 0 saturated carbocycles. The normalized spacial score (nSPS) is 9.58. The van der Waals surface area contributed by atoms with E-state index in [4.69, 9.17) is 4.74 Å². The smallest absolute Gasteiger partial charge is 0.405 e. The molecule has 4 nitrogen and oxygen atoms in total. The maximum atomic E-state index is 10.7. The molecule has 0 atom stereocenters. The molecule has 5 heteroatoms. The Balaban J connectivity index is 0. The van der Waals surface area contributed by atoms with Crippen molar-refractivity contribution >= 4 is 12.4 Å². The second kappa shape index (κ2) is 6.55. The minimum absolute atomic E-state index is 0. The van der Waals surface area contributed by atoms with Crippen LogP contribution in [0.2, 0.25) is 0 Å². The number of rotatable bonds is 2. The molecule has 1 N–H and O–H groups in total. The van der Waals surface area contributed by atoms with Gasteiger partial charge in [0.2, 0.25) is 0 Å². The summed E-state index contributed by atoms with van der Waals surface area (Å²) in [6, 6.07) is 0. The van der Waals surface area contributed by atoms with E-state index in [1.807, 2.05) is 0 Å². The third-order valence-electron chi connectivity index (χ3n) is 0.704. The van der Waals surface area contributed by atoms with Crippen LogP contribution in [-0.4, -0.2) is 24.5 Å². The third-order valence-corrected chi connectivity index (χ3v) is 0.704. The van der Waals surface area contributed by atoms with Crippen molar-refractivity contribution in [2.45, 2.75) is 26.4 Å². The average Bonchev–Trinajstić information content (AvgIpc) is 1.79. The molecular weight excluding hydrogens is 235 g/mol. The monoisotopic (exact) mass is 247 g/mol. The van der Waals surface area contributed by atoms with Gasteiger partial charge in [-0.05, 0) is 20.8 Å². The summed E-state index contributed by atoms with van der Waals surface area (Å²) in [5.41, 5.74) is -0.521. The Kier molecular flexibility index (Phi) is 7.95. The molecule has 0 aromatic carbocycles. The van der Waals surface area contributed by atoms with Crippen molar-refractivity contribution in [1.29, 1.82) is 0 Å². The topological polar surface area (TPSA) is 55.4 Å². The molecule has 67 valence electrons. The van der Waals surface area contributed by atoms with E-state index in [-0.39, 0.29) is 39.3 Å². The van der Waals surface area contributed by atoms with Crippen molar-refractivity contribution < 1.29 is 47.0 Å². The third kappa shape index (κ3) is 10.0. The van der Waals surface area contributed by atoms with E-state index in [1.54, 1.807) is 20.8 Å². The number of hydrogen-bond donors (Lipinski definition) is 1. The zero-order valence-corrected chi connectivity index (χ0v) is 10.3. The molecule has 0 aliphatic heterocycles. The van der Waals surface area contributed by atoms with E-state index in [1.165, 1.54) is 6.29 Å². The van der Waals surface area contributed by atoms with E-state index in [9.17, 15) is 9.59 Å². The van der Waals surface area contributed by atoms with Gasteiger partial charge in [0.1, 0.15) is 5.60 Å². The molecule has 0 bridgehead atoms. The molecule has 0 heterocycles. The first-order valence-corrected chi connectivity index (χ1v) is 3.27. The maximum Gasteiger partial charge on any atom is 0.405 e. The summed E-state index contributed by atoms with van der Waals surface area (Å²) < 4.78 is 4.81. The predicted molar refractivity (Wildman–Crippen MR) is 39.9 cm³/mol. The van der Waals surface area contributed by atoms with Gasteiger partial charge in [0.05, 0.1) is 0 Å². The molecule has 12 heavy (non-hydrogen) atoms. The minimum Gasteiger partial charge on any atom is -0.540 e. The SMILES string of the molecule is CC(C)(C)OC(=O)NC[C-]=O.[Y]. The molecule has 0 spiro atoms. The summed E-state index contributed by atoms with van der Waals surface area (Å²) in [7, 11) is 0. The Hall–Kier alpha value is 0.0439. The number of alkyl carbamates (subject to hydrolysis) is 1. The molecule has 1 amide bonds.